The van der Waals surface area contributed by atoms with E-state index < -0.39 is 5.41 Å². The predicted molar refractivity (Wildman–Crippen MR) is 114 cm³/mol. The topological polar surface area (TPSA) is 61.5 Å². The highest BCUT2D eigenvalue weighted by Gasteiger charge is 2.36. The second kappa shape index (κ2) is 10.7. The molecule has 0 spiro atoms. The van der Waals surface area contributed by atoms with Gasteiger partial charge in [-0.2, -0.15) is 0 Å². The van der Waals surface area contributed by atoms with Crippen molar-refractivity contribution in [2.75, 3.05) is 20.3 Å². The summed E-state index contributed by atoms with van der Waals surface area (Å²) >= 11 is 5.98. The summed E-state index contributed by atoms with van der Waals surface area (Å²) in [6, 6.07) is 11.8. The molecule has 0 aliphatic carbocycles. The van der Waals surface area contributed by atoms with Crippen molar-refractivity contribution < 1.29 is 18.7 Å². The number of ether oxygens (including phenoxy) is 2. The molecule has 2 N–H and O–H groups in total. The van der Waals surface area contributed by atoms with E-state index >= 15 is 0 Å². The molecule has 0 fully saturated rings. The Morgan fingerprint density at radius 1 is 1.24 bits per heavy atom. The fourth-order valence-electron chi connectivity index (χ4n) is 3.41. The lowest BCUT2D eigenvalue weighted by Crippen LogP contribution is -2.38. The zero-order chi connectivity index (χ0) is 21.4. The summed E-state index contributed by atoms with van der Waals surface area (Å²) in [5.74, 6) is -0.568. The van der Waals surface area contributed by atoms with Gasteiger partial charge in [0.1, 0.15) is 5.82 Å². The van der Waals surface area contributed by atoms with Crippen LogP contribution in [0.4, 0.5) is 4.39 Å². The number of halogens is 2. The van der Waals surface area contributed by atoms with Gasteiger partial charge in [0, 0.05) is 30.3 Å². The van der Waals surface area contributed by atoms with Gasteiger partial charge in [0.15, 0.2) is 0 Å². The number of carbonyl (C=O) groups is 1. The third-order valence-electron chi connectivity index (χ3n) is 5.03. The minimum Gasteiger partial charge on any atom is -0.466 e. The quantitative estimate of drug-likeness (QED) is 0.547. The predicted octanol–water partition coefficient (Wildman–Crippen LogP) is 5.01. The Bertz CT molecular complexity index is 812. The van der Waals surface area contributed by atoms with Gasteiger partial charge in [0.2, 0.25) is 0 Å². The average molecular weight is 422 g/mol. The molecular formula is C23H29ClFNO3. The molecule has 0 radical (unpaired) electrons. The van der Waals surface area contributed by atoms with Gasteiger partial charge < -0.3 is 15.2 Å². The molecule has 0 aliphatic heterocycles. The molecule has 158 valence electrons. The zero-order valence-corrected chi connectivity index (χ0v) is 18.0. The van der Waals surface area contributed by atoms with E-state index in [9.17, 15) is 9.18 Å². The molecule has 0 bridgehead atoms. The van der Waals surface area contributed by atoms with Crippen molar-refractivity contribution in [3.63, 3.8) is 0 Å². The van der Waals surface area contributed by atoms with Crippen LogP contribution in [0.3, 0.4) is 0 Å². The molecule has 2 rings (SSSR count). The number of rotatable bonds is 10. The molecular weight excluding hydrogens is 393 g/mol. The van der Waals surface area contributed by atoms with Gasteiger partial charge in [-0.3, -0.25) is 4.79 Å². The first-order valence-corrected chi connectivity index (χ1v) is 10.1. The molecule has 6 heteroatoms. The van der Waals surface area contributed by atoms with E-state index in [0.717, 1.165) is 11.1 Å². The van der Waals surface area contributed by atoms with Crippen molar-refractivity contribution in [1.29, 1.82) is 0 Å². The van der Waals surface area contributed by atoms with Gasteiger partial charge in [-0.05, 0) is 62.4 Å². The molecule has 0 saturated carbocycles. The fourth-order valence-corrected chi connectivity index (χ4v) is 3.58. The highest BCUT2D eigenvalue weighted by Crippen LogP contribution is 2.31. The van der Waals surface area contributed by atoms with Crippen LogP contribution in [0.2, 0.25) is 5.02 Å². The Morgan fingerprint density at radius 3 is 2.55 bits per heavy atom. The number of methoxy groups -OCH3 is 1. The third-order valence-corrected chi connectivity index (χ3v) is 5.27. The van der Waals surface area contributed by atoms with Crippen LogP contribution in [0.1, 0.15) is 32.3 Å². The highest BCUT2D eigenvalue weighted by atomic mass is 35.5. The Hall–Kier alpha value is -1.95. The second-order valence-corrected chi connectivity index (χ2v) is 7.95. The molecule has 2 aromatic carbocycles. The van der Waals surface area contributed by atoms with Crippen molar-refractivity contribution in [3.05, 3.63) is 58.9 Å². The monoisotopic (exact) mass is 421 g/mol. The van der Waals surface area contributed by atoms with Crippen LogP contribution in [0.5, 0.6) is 0 Å². The summed E-state index contributed by atoms with van der Waals surface area (Å²) in [7, 11) is 1.61. The fraction of sp³-hybridized carbons (Fsp3) is 0.435. The Kier molecular flexibility index (Phi) is 8.62. The summed E-state index contributed by atoms with van der Waals surface area (Å²) < 4.78 is 24.5. The lowest BCUT2D eigenvalue weighted by atomic mass is 9.79. The number of esters is 1. The Balaban J connectivity index is 2.08. The van der Waals surface area contributed by atoms with E-state index in [1.807, 2.05) is 31.2 Å². The lowest BCUT2D eigenvalue weighted by Gasteiger charge is -2.29. The molecule has 0 aliphatic rings. The summed E-state index contributed by atoms with van der Waals surface area (Å²) in [6.45, 7) is 4.45. The van der Waals surface area contributed by atoms with Crippen LogP contribution < -0.4 is 5.73 Å². The van der Waals surface area contributed by atoms with Crippen LogP contribution in [-0.2, 0) is 20.7 Å². The van der Waals surface area contributed by atoms with E-state index in [2.05, 4.69) is 0 Å². The smallest absolute Gasteiger partial charge is 0.311 e. The highest BCUT2D eigenvalue weighted by molar-refractivity contribution is 6.30. The van der Waals surface area contributed by atoms with Gasteiger partial charge >= 0.3 is 5.97 Å². The summed E-state index contributed by atoms with van der Waals surface area (Å²) in [5, 5.41) is 0.488. The van der Waals surface area contributed by atoms with E-state index in [1.54, 1.807) is 20.1 Å². The van der Waals surface area contributed by atoms with Crippen molar-refractivity contribution in [2.24, 2.45) is 11.1 Å². The SMILES string of the molecule is CCOC(=O)[C@](C)(CCOC)C[C@H](N)Cc1ccc(-c2cc(Cl)ccc2F)cc1. The lowest BCUT2D eigenvalue weighted by molar-refractivity contribution is -0.156. The first kappa shape index (κ1) is 23.3. The van der Waals surface area contributed by atoms with Crippen LogP contribution in [0, 0.1) is 11.2 Å². The van der Waals surface area contributed by atoms with Crippen molar-refractivity contribution in [1.82, 2.24) is 0 Å². The van der Waals surface area contributed by atoms with Crippen molar-refractivity contribution in [3.8, 4) is 11.1 Å². The summed E-state index contributed by atoms with van der Waals surface area (Å²) in [6.07, 6.45) is 1.63. The Morgan fingerprint density at radius 2 is 1.93 bits per heavy atom. The second-order valence-electron chi connectivity index (χ2n) is 7.51. The Labute approximate surface area is 177 Å². The minimum absolute atomic E-state index is 0.227. The number of benzene rings is 2. The standard InChI is InChI=1S/C23H29ClFNO3/c1-4-29-22(27)23(2,11-12-28-3)15-19(26)13-16-5-7-17(8-6-16)20-14-18(24)9-10-21(20)25/h5-10,14,19H,4,11-13,15,26H2,1-3H3/t19-,23-/m1/s1. The zero-order valence-electron chi connectivity index (χ0n) is 17.2. The van der Waals surface area contributed by atoms with E-state index in [4.69, 9.17) is 26.8 Å². The van der Waals surface area contributed by atoms with Gasteiger partial charge in [-0.25, -0.2) is 4.39 Å². The third kappa shape index (κ3) is 6.53. The van der Waals surface area contributed by atoms with Gasteiger partial charge in [0.25, 0.3) is 0 Å². The molecule has 0 heterocycles. The molecule has 0 saturated heterocycles. The minimum atomic E-state index is -0.699. The largest absolute Gasteiger partial charge is 0.466 e. The first-order valence-electron chi connectivity index (χ1n) is 9.75. The summed E-state index contributed by atoms with van der Waals surface area (Å²) in [5.41, 5.74) is 7.89. The van der Waals surface area contributed by atoms with Crippen molar-refractivity contribution in [2.45, 2.75) is 39.2 Å². The maximum absolute atomic E-state index is 14.1. The first-order chi connectivity index (χ1) is 13.8. The number of hydrogen-bond donors (Lipinski definition) is 1. The maximum atomic E-state index is 14.1. The van der Waals surface area contributed by atoms with Gasteiger partial charge in [0.05, 0.1) is 12.0 Å². The molecule has 2 aromatic rings. The number of carbonyl (C=O) groups excluding carboxylic acids is 1. The number of nitrogens with two attached hydrogens (primary N) is 1. The van der Waals surface area contributed by atoms with Gasteiger partial charge in [-0.15, -0.1) is 0 Å². The molecule has 4 nitrogen and oxygen atoms in total. The molecule has 2 atom stereocenters. The van der Waals surface area contributed by atoms with Crippen molar-refractivity contribution >= 4 is 17.6 Å². The molecule has 29 heavy (non-hydrogen) atoms. The van der Waals surface area contributed by atoms with E-state index in [0.29, 0.717) is 43.1 Å². The molecule has 0 unspecified atom stereocenters. The normalized spacial score (nSPS) is 14.3. The van der Waals surface area contributed by atoms with Gasteiger partial charge in [-0.1, -0.05) is 35.9 Å². The number of hydrogen-bond acceptors (Lipinski definition) is 4. The molecule has 0 amide bonds. The van der Waals surface area contributed by atoms with Crippen LogP contribution >= 0.6 is 11.6 Å². The van der Waals surface area contributed by atoms with E-state index in [1.165, 1.54) is 12.1 Å². The van der Waals surface area contributed by atoms with Crippen LogP contribution in [0.15, 0.2) is 42.5 Å². The molecule has 0 aromatic heterocycles. The summed E-state index contributed by atoms with van der Waals surface area (Å²) in [4.78, 5) is 12.4. The maximum Gasteiger partial charge on any atom is 0.311 e. The van der Waals surface area contributed by atoms with E-state index in [-0.39, 0.29) is 17.8 Å². The van der Waals surface area contributed by atoms with Crippen LogP contribution in [0.25, 0.3) is 11.1 Å². The average Bonchev–Trinajstić information content (AvgIpc) is 2.69. The van der Waals surface area contributed by atoms with Crippen LogP contribution in [-0.4, -0.2) is 32.3 Å².